The van der Waals surface area contributed by atoms with Crippen molar-refractivity contribution in [2.45, 2.75) is 31.3 Å². The third-order valence-electron chi connectivity index (χ3n) is 4.40. The van der Waals surface area contributed by atoms with Crippen LogP contribution in [-0.2, 0) is 20.7 Å². The molecule has 0 saturated carbocycles. The Labute approximate surface area is 124 Å². The fourth-order valence-electron chi connectivity index (χ4n) is 3.15. The molecule has 0 amide bonds. The summed E-state index contributed by atoms with van der Waals surface area (Å²) in [4.78, 5) is 16.7. The molecule has 0 aliphatic carbocycles. The molecule has 0 aromatic carbocycles. The average Bonchev–Trinajstić information content (AvgIpc) is 2.96. The van der Waals surface area contributed by atoms with Gasteiger partial charge in [-0.05, 0) is 18.4 Å². The van der Waals surface area contributed by atoms with E-state index in [0.29, 0.717) is 25.5 Å². The zero-order chi connectivity index (χ0) is 14.7. The van der Waals surface area contributed by atoms with Gasteiger partial charge < -0.3 is 14.2 Å². The van der Waals surface area contributed by atoms with Crippen LogP contribution in [0.25, 0.3) is 0 Å². The van der Waals surface area contributed by atoms with Crippen molar-refractivity contribution in [3.8, 4) is 5.88 Å². The minimum Gasteiger partial charge on any atom is -0.481 e. The van der Waals surface area contributed by atoms with Gasteiger partial charge in [0.2, 0.25) is 5.88 Å². The molecule has 0 radical (unpaired) electrons. The van der Waals surface area contributed by atoms with E-state index in [9.17, 15) is 4.79 Å². The van der Waals surface area contributed by atoms with Crippen LogP contribution in [0, 0.1) is 5.92 Å². The van der Waals surface area contributed by atoms with Crippen molar-refractivity contribution in [2.75, 3.05) is 26.9 Å². The molecule has 1 spiro atoms. The van der Waals surface area contributed by atoms with Gasteiger partial charge in [-0.15, -0.1) is 0 Å². The predicted molar refractivity (Wildman–Crippen MR) is 76.3 cm³/mol. The molecule has 0 bridgehead atoms. The predicted octanol–water partition coefficient (Wildman–Crippen LogP) is 1.79. The molecule has 3 heterocycles. The topological polar surface area (TPSA) is 57.7 Å². The van der Waals surface area contributed by atoms with Crippen LogP contribution in [0.15, 0.2) is 18.3 Å². The number of nitrogens with zero attached hydrogens (tertiary/aromatic N) is 1. The van der Waals surface area contributed by atoms with Gasteiger partial charge in [0, 0.05) is 44.2 Å². The molecule has 1 aromatic heterocycles. The number of pyridine rings is 1. The first-order chi connectivity index (χ1) is 10.2. The Morgan fingerprint density at radius 2 is 2.38 bits per heavy atom. The lowest BCUT2D eigenvalue weighted by Gasteiger charge is -2.36. The summed E-state index contributed by atoms with van der Waals surface area (Å²) >= 11 is 0. The Morgan fingerprint density at radius 1 is 1.48 bits per heavy atom. The number of carbonyl (C=O) groups excluding carboxylic acids is 1. The summed E-state index contributed by atoms with van der Waals surface area (Å²) in [5.74, 6) is 0.915. The molecule has 5 nitrogen and oxygen atoms in total. The quantitative estimate of drug-likeness (QED) is 0.846. The Balaban J connectivity index is 1.61. The maximum absolute atomic E-state index is 12.5. The van der Waals surface area contributed by atoms with E-state index in [0.717, 1.165) is 31.4 Å². The number of hydrogen-bond donors (Lipinski definition) is 0. The number of ketones is 1. The number of ether oxygens (including phenoxy) is 3. The van der Waals surface area contributed by atoms with E-state index < -0.39 is 0 Å². The number of carbonyl (C=O) groups is 1. The highest BCUT2D eigenvalue weighted by Gasteiger charge is 2.42. The number of Topliss-reactive ketones (excluding diaryl/α,β-unsaturated/α-hetero) is 1. The van der Waals surface area contributed by atoms with Crippen molar-refractivity contribution >= 4 is 5.78 Å². The second-order valence-corrected chi connectivity index (χ2v) is 5.88. The van der Waals surface area contributed by atoms with Gasteiger partial charge in [0.15, 0.2) is 0 Å². The Kier molecular flexibility index (Phi) is 4.22. The maximum Gasteiger partial charge on any atom is 0.212 e. The van der Waals surface area contributed by atoms with Crippen molar-refractivity contribution in [2.24, 2.45) is 5.92 Å². The minimum absolute atomic E-state index is 0.0718. The fourth-order valence-corrected chi connectivity index (χ4v) is 3.15. The normalized spacial score (nSPS) is 28.7. The summed E-state index contributed by atoms with van der Waals surface area (Å²) in [6.45, 7) is 2.02. The Hall–Kier alpha value is -1.46. The summed E-state index contributed by atoms with van der Waals surface area (Å²) in [6, 6.07) is 3.69. The molecule has 2 atom stereocenters. The van der Waals surface area contributed by atoms with Crippen molar-refractivity contribution in [1.29, 1.82) is 0 Å². The first kappa shape index (κ1) is 14.5. The van der Waals surface area contributed by atoms with Crippen LogP contribution in [0.2, 0.25) is 0 Å². The summed E-state index contributed by atoms with van der Waals surface area (Å²) in [5.41, 5.74) is 0.723. The van der Waals surface area contributed by atoms with Crippen molar-refractivity contribution in [3.63, 3.8) is 0 Å². The number of hydrogen-bond acceptors (Lipinski definition) is 5. The van der Waals surface area contributed by atoms with Gasteiger partial charge >= 0.3 is 0 Å². The smallest absolute Gasteiger partial charge is 0.212 e. The summed E-state index contributed by atoms with van der Waals surface area (Å²) in [7, 11) is 1.58. The van der Waals surface area contributed by atoms with Crippen LogP contribution < -0.4 is 4.74 Å². The Morgan fingerprint density at radius 3 is 3.05 bits per heavy atom. The molecule has 2 fully saturated rings. The van der Waals surface area contributed by atoms with Crippen LogP contribution in [0.1, 0.15) is 24.8 Å². The van der Waals surface area contributed by atoms with E-state index in [1.165, 1.54) is 0 Å². The van der Waals surface area contributed by atoms with Gasteiger partial charge in [-0.1, -0.05) is 6.07 Å². The molecular formula is C16H21NO4. The first-order valence-electron chi connectivity index (χ1n) is 7.44. The summed E-state index contributed by atoms with van der Waals surface area (Å²) in [5, 5.41) is 0. The molecule has 2 aliphatic heterocycles. The van der Waals surface area contributed by atoms with E-state index >= 15 is 0 Å². The van der Waals surface area contributed by atoms with Crippen LogP contribution in [0.4, 0.5) is 0 Å². The second kappa shape index (κ2) is 6.12. The van der Waals surface area contributed by atoms with Crippen molar-refractivity contribution in [3.05, 3.63) is 23.9 Å². The van der Waals surface area contributed by atoms with E-state index in [-0.39, 0.29) is 17.3 Å². The molecule has 0 N–H and O–H groups in total. The highest BCUT2D eigenvalue weighted by atomic mass is 16.6. The molecule has 2 aliphatic rings. The maximum atomic E-state index is 12.5. The van der Waals surface area contributed by atoms with Gasteiger partial charge in [-0.3, -0.25) is 4.79 Å². The van der Waals surface area contributed by atoms with E-state index in [2.05, 4.69) is 4.98 Å². The lowest BCUT2D eigenvalue weighted by atomic mass is 9.81. The summed E-state index contributed by atoms with van der Waals surface area (Å²) < 4.78 is 16.4. The molecular weight excluding hydrogens is 270 g/mol. The highest BCUT2D eigenvalue weighted by Crippen LogP contribution is 2.36. The third-order valence-corrected chi connectivity index (χ3v) is 4.40. The highest BCUT2D eigenvalue weighted by molar-refractivity contribution is 5.83. The molecule has 2 saturated heterocycles. The van der Waals surface area contributed by atoms with Gasteiger partial charge in [0.1, 0.15) is 5.78 Å². The van der Waals surface area contributed by atoms with Gasteiger partial charge in [0.25, 0.3) is 0 Å². The lowest BCUT2D eigenvalue weighted by molar-refractivity contribution is -0.136. The van der Waals surface area contributed by atoms with E-state index in [1.54, 1.807) is 19.4 Å². The standard InChI is InChI=1S/C16H21NO4/c1-19-15-3-2-12(10-17-15)8-14(18)13-4-6-21-16(9-13)5-7-20-11-16/h2-3,10,13H,4-9,11H2,1H3. The molecule has 3 rings (SSSR count). The van der Waals surface area contributed by atoms with E-state index in [4.69, 9.17) is 14.2 Å². The Bertz CT molecular complexity index is 494. The molecule has 5 heteroatoms. The number of methoxy groups -OCH3 is 1. The molecule has 114 valence electrons. The van der Waals surface area contributed by atoms with Crippen molar-refractivity contribution in [1.82, 2.24) is 4.98 Å². The second-order valence-electron chi connectivity index (χ2n) is 5.88. The molecule has 21 heavy (non-hydrogen) atoms. The minimum atomic E-state index is -0.212. The zero-order valence-corrected chi connectivity index (χ0v) is 12.3. The monoisotopic (exact) mass is 291 g/mol. The van der Waals surface area contributed by atoms with Crippen LogP contribution >= 0.6 is 0 Å². The SMILES string of the molecule is COc1ccc(CC(=O)C2CCOC3(CCOC3)C2)cn1. The third kappa shape index (κ3) is 3.24. The van der Waals surface area contributed by atoms with Crippen LogP contribution in [0.5, 0.6) is 5.88 Å². The van der Waals surface area contributed by atoms with E-state index in [1.807, 2.05) is 6.07 Å². The van der Waals surface area contributed by atoms with Crippen LogP contribution in [-0.4, -0.2) is 43.3 Å². The largest absolute Gasteiger partial charge is 0.481 e. The van der Waals surface area contributed by atoms with Crippen molar-refractivity contribution < 1.29 is 19.0 Å². The van der Waals surface area contributed by atoms with Gasteiger partial charge in [-0.2, -0.15) is 0 Å². The van der Waals surface area contributed by atoms with Crippen LogP contribution in [0.3, 0.4) is 0 Å². The molecule has 1 aromatic rings. The molecule has 2 unspecified atom stereocenters. The number of aromatic nitrogens is 1. The summed E-state index contributed by atoms with van der Waals surface area (Å²) in [6.07, 6.45) is 4.64. The van der Waals surface area contributed by atoms with Gasteiger partial charge in [-0.25, -0.2) is 4.98 Å². The lowest BCUT2D eigenvalue weighted by Crippen LogP contribution is -2.42. The fraction of sp³-hybridized carbons (Fsp3) is 0.625. The zero-order valence-electron chi connectivity index (χ0n) is 12.3. The van der Waals surface area contributed by atoms with Gasteiger partial charge in [0.05, 0.1) is 19.3 Å². The number of rotatable bonds is 4. The average molecular weight is 291 g/mol. The first-order valence-corrected chi connectivity index (χ1v) is 7.44.